The molecule has 0 amide bonds. The highest BCUT2D eigenvalue weighted by atomic mass is 14.3. The highest BCUT2D eigenvalue weighted by molar-refractivity contribution is 6.31. The zero-order chi connectivity index (χ0) is 43.0. The molecule has 0 N–H and O–H groups in total. The van der Waals surface area contributed by atoms with Crippen molar-refractivity contribution in [2.45, 2.75) is 0 Å². The fourth-order valence-electron chi connectivity index (χ4n) is 12.1. The summed E-state index contributed by atoms with van der Waals surface area (Å²) >= 11 is 0. The van der Waals surface area contributed by atoms with E-state index in [-0.39, 0.29) is 0 Å². The van der Waals surface area contributed by atoms with Gasteiger partial charge in [-0.2, -0.15) is 0 Å². The van der Waals surface area contributed by atoms with E-state index in [1.54, 1.807) is 0 Å². The summed E-state index contributed by atoms with van der Waals surface area (Å²) < 4.78 is 0. The van der Waals surface area contributed by atoms with Gasteiger partial charge >= 0.3 is 0 Å². The second-order valence-corrected chi connectivity index (χ2v) is 18.2. The standard InChI is InChI=1S/C66H38/c1-3-17-46-39(11-1)13-8-21-48(46)44-30-34-59-60(37-44)65(56-32-28-43-26-25-41-15-7-16-42-27-31-55(56)63(43)62(41)42)58-33-29-45(49-22-9-14-40-12-2-4-18-47(40)49)38-61(58)66(59)57-36-35-54-51-20-6-5-19-50(51)52-23-10-24-53(57)64(52)54/h1-38H. The molecule has 0 saturated carbocycles. The Hall–Kier alpha value is -8.58. The maximum atomic E-state index is 2.50. The number of hydrogen-bond acceptors (Lipinski definition) is 0. The van der Waals surface area contributed by atoms with Crippen LogP contribution in [0.3, 0.4) is 0 Å². The van der Waals surface area contributed by atoms with Crippen molar-refractivity contribution in [3.05, 3.63) is 231 Å². The molecule has 0 atom stereocenters. The minimum atomic E-state index is 1.21. The largest absolute Gasteiger partial charge is 0.0616 e. The Bertz CT molecular complexity index is 4340. The Labute approximate surface area is 381 Å². The van der Waals surface area contributed by atoms with Crippen LogP contribution in [0, 0.1) is 0 Å². The number of fused-ring (bicyclic) bond motifs is 7. The van der Waals surface area contributed by atoms with Crippen LogP contribution in [0.5, 0.6) is 0 Å². The van der Waals surface area contributed by atoms with Gasteiger partial charge in [-0.15, -0.1) is 0 Å². The van der Waals surface area contributed by atoms with Crippen molar-refractivity contribution >= 4 is 86.2 Å². The Morgan fingerprint density at radius 2 is 0.545 bits per heavy atom. The van der Waals surface area contributed by atoms with Crippen molar-refractivity contribution in [2.24, 2.45) is 0 Å². The molecule has 14 aromatic rings. The van der Waals surface area contributed by atoms with Crippen molar-refractivity contribution in [1.29, 1.82) is 0 Å². The van der Waals surface area contributed by atoms with Gasteiger partial charge in [-0.1, -0.05) is 218 Å². The Morgan fingerprint density at radius 1 is 0.167 bits per heavy atom. The summed E-state index contributed by atoms with van der Waals surface area (Å²) in [7, 11) is 0. The average Bonchev–Trinajstić information content (AvgIpc) is 3.71. The zero-order valence-electron chi connectivity index (χ0n) is 35.9. The van der Waals surface area contributed by atoms with Crippen LogP contribution in [0.4, 0.5) is 0 Å². The fraction of sp³-hybridized carbons (Fsp3) is 0. The van der Waals surface area contributed by atoms with Crippen LogP contribution in [0.2, 0.25) is 0 Å². The van der Waals surface area contributed by atoms with Crippen LogP contribution in [-0.2, 0) is 0 Å². The summed E-state index contributed by atoms with van der Waals surface area (Å²) in [4.78, 5) is 0. The summed E-state index contributed by atoms with van der Waals surface area (Å²) in [6.45, 7) is 0. The summed E-state index contributed by atoms with van der Waals surface area (Å²) in [6.07, 6.45) is 0. The molecule has 1 aliphatic carbocycles. The summed E-state index contributed by atoms with van der Waals surface area (Å²) in [5.41, 5.74) is 15.2. The minimum absolute atomic E-state index is 1.21. The molecule has 14 aromatic carbocycles. The molecule has 0 aromatic heterocycles. The van der Waals surface area contributed by atoms with Crippen LogP contribution < -0.4 is 0 Å². The van der Waals surface area contributed by atoms with E-state index >= 15 is 0 Å². The van der Waals surface area contributed by atoms with Gasteiger partial charge < -0.3 is 0 Å². The van der Waals surface area contributed by atoms with Crippen molar-refractivity contribution in [3.63, 3.8) is 0 Å². The smallest absolute Gasteiger partial charge is 0.00199 e. The number of hydrogen-bond donors (Lipinski definition) is 0. The van der Waals surface area contributed by atoms with E-state index in [2.05, 4.69) is 231 Å². The molecule has 0 nitrogen and oxygen atoms in total. The molecule has 1 aliphatic rings. The molecule has 0 unspecified atom stereocenters. The lowest BCUT2D eigenvalue weighted by atomic mass is 9.80. The summed E-state index contributed by atoms with van der Waals surface area (Å²) in [5, 5.41) is 20.4. The van der Waals surface area contributed by atoms with E-state index in [1.165, 1.54) is 153 Å². The van der Waals surface area contributed by atoms with Crippen molar-refractivity contribution < 1.29 is 0 Å². The predicted octanol–water partition coefficient (Wildman–Crippen LogP) is 18.7. The van der Waals surface area contributed by atoms with Crippen LogP contribution in [0.1, 0.15) is 0 Å². The van der Waals surface area contributed by atoms with E-state index in [0.717, 1.165) is 0 Å². The first kappa shape index (κ1) is 35.8. The Kier molecular flexibility index (Phi) is 7.31. The highest BCUT2D eigenvalue weighted by Gasteiger charge is 2.26. The Morgan fingerprint density at radius 3 is 1.18 bits per heavy atom. The molecular weight excluding hydrogens is 793 g/mol. The van der Waals surface area contributed by atoms with Gasteiger partial charge in [-0.3, -0.25) is 0 Å². The quantitative estimate of drug-likeness (QED) is 0.122. The number of benzene rings is 14. The number of rotatable bonds is 4. The molecule has 0 fully saturated rings. The second kappa shape index (κ2) is 13.5. The van der Waals surface area contributed by atoms with Gasteiger partial charge in [-0.05, 0) is 165 Å². The van der Waals surface area contributed by atoms with Gasteiger partial charge in [0.1, 0.15) is 0 Å². The third kappa shape index (κ3) is 4.93. The normalized spacial score (nSPS) is 12.2. The maximum absolute atomic E-state index is 2.50. The molecule has 0 saturated heterocycles. The lowest BCUT2D eigenvalue weighted by molar-refractivity contribution is 1.66. The van der Waals surface area contributed by atoms with Gasteiger partial charge in [-0.25, -0.2) is 0 Å². The Balaban J connectivity index is 1.13. The molecule has 0 heterocycles. The lowest BCUT2D eigenvalue weighted by Gasteiger charge is -2.22. The maximum Gasteiger partial charge on any atom is -0.00199 e. The first-order chi connectivity index (χ1) is 32.7. The summed E-state index contributed by atoms with van der Waals surface area (Å²) in [5.74, 6) is 0. The molecule has 0 heteroatoms. The van der Waals surface area contributed by atoms with E-state index in [0.29, 0.717) is 0 Å². The van der Waals surface area contributed by atoms with E-state index in [4.69, 9.17) is 0 Å². The van der Waals surface area contributed by atoms with E-state index in [9.17, 15) is 0 Å². The first-order valence-corrected chi connectivity index (χ1v) is 23.1. The van der Waals surface area contributed by atoms with Gasteiger partial charge in [0.15, 0.2) is 0 Å². The fourth-order valence-corrected chi connectivity index (χ4v) is 12.1. The van der Waals surface area contributed by atoms with Gasteiger partial charge in [0, 0.05) is 0 Å². The third-order valence-corrected chi connectivity index (χ3v) is 14.9. The third-order valence-electron chi connectivity index (χ3n) is 14.9. The van der Waals surface area contributed by atoms with Crippen molar-refractivity contribution in [3.8, 4) is 66.8 Å². The molecule has 0 spiro atoms. The van der Waals surface area contributed by atoms with Gasteiger partial charge in [0.25, 0.3) is 0 Å². The molecular formula is C66H38. The SMILES string of the molecule is c1ccc2c(c1)-c1cccc3c(-c4c5cc(-c6cccc7ccccc67)ccc5c(-c5ccc6ccc7cccc8ccc5c6c78)c5cc(-c6cccc7ccccc67)ccc45)ccc-2c13. The molecule has 0 aliphatic heterocycles. The summed E-state index contributed by atoms with van der Waals surface area (Å²) in [6, 6.07) is 87.0. The molecule has 15 rings (SSSR count). The monoisotopic (exact) mass is 830 g/mol. The van der Waals surface area contributed by atoms with Crippen LogP contribution in [-0.4, -0.2) is 0 Å². The molecule has 66 heavy (non-hydrogen) atoms. The van der Waals surface area contributed by atoms with E-state index in [1.807, 2.05) is 0 Å². The van der Waals surface area contributed by atoms with Crippen molar-refractivity contribution in [2.75, 3.05) is 0 Å². The minimum Gasteiger partial charge on any atom is -0.0616 e. The lowest BCUT2D eigenvalue weighted by Crippen LogP contribution is -1.95. The van der Waals surface area contributed by atoms with Gasteiger partial charge in [0.05, 0.1) is 0 Å². The average molecular weight is 831 g/mol. The highest BCUT2D eigenvalue weighted by Crippen LogP contribution is 2.54. The van der Waals surface area contributed by atoms with Crippen LogP contribution >= 0.6 is 0 Å². The topological polar surface area (TPSA) is 0 Å². The molecule has 302 valence electrons. The van der Waals surface area contributed by atoms with Crippen LogP contribution in [0.25, 0.3) is 153 Å². The molecule has 0 bridgehead atoms. The van der Waals surface area contributed by atoms with Crippen molar-refractivity contribution in [1.82, 2.24) is 0 Å². The molecule has 0 radical (unpaired) electrons. The second-order valence-electron chi connectivity index (χ2n) is 18.2. The van der Waals surface area contributed by atoms with Gasteiger partial charge in [0.2, 0.25) is 0 Å². The predicted molar refractivity (Wildman–Crippen MR) is 284 cm³/mol. The first-order valence-electron chi connectivity index (χ1n) is 23.1. The van der Waals surface area contributed by atoms with Crippen LogP contribution in [0.15, 0.2) is 231 Å². The zero-order valence-corrected chi connectivity index (χ0v) is 35.9. The van der Waals surface area contributed by atoms with E-state index < -0.39 is 0 Å².